The third-order valence-corrected chi connectivity index (χ3v) is 1.70. The Morgan fingerprint density at radius 2 is 1.31 bits per heavy atom. The van der Waals surface area contributed by atoms with Crippen molar-refractivity contribution >= 4 is 0 Å². The molecule has 0 heterocycles. The van der Waals surface area contributed by atoms with E-state index in [-0.39, 0.29) is 12.2 Å². The van der Waals surface area contributed by atoms with E-state index in [9.17, 15) is 0 Å². The highest BCUT2D eigenvalue weighted by Crippen LogP contribution is 2.04. The molecule has 0 amide bonds. The van der Waals surface area contributed by atoms with Gasteiger partial charge in [-0.2, -0.15) is 0 Å². The first-order valence-corrected chi connectivity index (χ1v) is 4.84. The Morgan fingerprint density at radius 3 is 1.62 bits per heavy atom. The zero-order valence-corrected chi connectivity index (χ0v) is 8.66. The fraction of sp³-hybridized carbons (Fsp3) is 1.00. The summed E-state index contributed by atoms with van der Waals surface area (Å²) in [5, 5.41) is 0. The van der Waals surface area contributed by atoms with Crippen LogP contribution < -0.4 is 11.5 Å². The lowest BCUT2D eigenvalue weighted by atomic mass is 10.2. The van der Waals surface area contributed by atoms with Gasteiger partial charge < -0.3 is 20.9 Å². The van der Waals surface area contributed by atoms with Crippen molar-refractivity contribution in [2.45, 2.75) is 32.5 Å². The maximum Gasteiger partial charge on any atom is 0.0592 e. The van der Waals surface area contributed by atoms with E-state index in [2.05, 4.69) is 0 Å². The number of ether oxygens (including phenoxy) is 2. The van der Waals surface area contributed by atoms with Crippen molar-refractivity contribution in [3.05, 3.63) is 0 Å². The highest BCUT2D eigenvalue weighted by Gasteiger charge is 2.08. The molecule has 0 saturated heterocycles. The van der Waals surface area contributed by atoms with Crippen LogP contribution in [-0.4, -0.2) is 38.5 Å². The molecule has 4 nitrogen and oxygen atoms in total. The van der Waals surface area contributed by atoms with E-state index in [1.165, 1.54) is 0 Å². The van der Waals surface area contributed by atoms with Crippen molar-refractivity contribution < 1.29 is 9.47 Å². The van der Waals surface area contributed by atoms with Crippen LogP contribution in [0, 0.1) is 0 Å². The molecule has 0 spiro atoms. The van der Waals surface area contributed by atoms with Crippen LogP contribution in [-0.2, 0) is 9.47 Å². The van der Waals surface area contributed by atoms with E-state index in [1.54, 1.807) is 0 Å². The Hall–Kier alpha value is -0.160. The average Bonchev–Trinajstić information content (AvgIpc) is 2.11. The smallest absolute Gasteiger partial charge is 0.0592 e. The Morgan fingerprint density at radius 1 is 0.923 bits per heavy atom. The van der Waals surface area contributed by atoms with Crippen LogP contribution in [0.25, 0.3) is 0 Å². The molecule has 0 aliphatic heterocycles. The minimum absolute atomic E-state index is 0.205. The number of rotatable bonds is 8. The van der Waals surface area contributed by atoms with Gasteiger partial charge in [0, 0.05) is 13.1 Å². The topological polar surface area (TPSA) is 70.5 Å². The highest BCUT2D eigenvalue weighted by molar-refractivity contribution is 4.58. The SMILES string of the molecule is CC(CC(C)OCCN)OCCN. The average molecular weight is 190 g/mol. The van der Waals surface area contributed by atoms with Crippen LogP contribution in [0.15, 0.2) is 0 Å². The molecule has 0 aromatic carbocycles. The summed E-state index contributed by atoms with van der Waals surface area (Å²) in [5.41, 5.74) is 10.6. The molecule has 80 valence electrons. The van der Waals surface area contributed by atoms with Crippen molar-refractivity contribution in [3.8, 4) is 0 Å². The lowest BCUT2D eigenvalue weighted by molar-refractivity contribution is 0.00192. The van der Waals surface area contributed by atoms with Crippen LogP contribution in [0.2, 0.25) is 0 Å². The zero-order valence-electron chi connectivity index (χ0n) is 8.66. The van der Waals surface area contributed by atoms with Crippen LogP contribution >= 0.6 is 0 Å². The van der Waals surface area contributed by atoms with Crippen molar-refractivity contribution in [3.63, 3.8) is 0 Å². The second-order valence-corrected chi connectivity index (χ2v) is 3.18. The Bertz CT molecular complexity index is 99.8. The van der Waals surface area contributed by atoms with Crippen LogP contribution in [0.1, 0.15) is 20.3 Å². The first kappa shape index (κ1) is 12.8. The summed E-state index contributed by atoms with van der Waals surface area (Å²) in [6, 6.07) is 0. The van der Waals surface area contributed by atoms with E-state index in [0.29, 0.717) is 26.3 Å². The van der Waals surface area contributed by atoms with Crippen molar-refractivity contribution in [2.24, 2.45) is 11.5 Å². The molecule has 0 saturated carbocycles. The summed E-state index contributed by atoms with van der Waals surface area (Å²) < 4.78 is 10.8. The standard InChI is InChI=1S/C9H22N2O2/c1-8(12-5-3-10)7-9(2)13-6-4-11/h8-9H,3-7,10-11H2,1-2H3. The molecule has 2 atom stereocenters. The maximum absolute atomic E-state index is 5.41. The van der Waals surface area contributed by atoms with Gasteiger partial charge in [-0.1, -0.05) is 0 Å². The fourth-order valence-electron chi connectivity index (χ4n) is 1.14. The summed E-state index contributed by atoms with van der Waals surface area (Å²) in [6.45, 7) is 6.43. The van der Waals surface area contributed by atoms with Gasteiger partial charge in [0.05, 0.1) is 25.4 Å². The first-order chi connectivity index (χ1) is 6.20. The summed E-state index contributed by atoms with van der Waals surface area (Å²) in [6.07, 6.45) is 1.30. The molecule has 4 N–H and O–H groups in total. The van der Waals surface area contributed by atoms with E-state index in [4.69, 9.17) is 20.9 Å². The molecule has 0 aliphatic carbocycles. The predicted octanol–water partition coefficient (Wildman–Crippen LogP) is 0.104. The van der Waals surface area contributed by atoms with Gasteiger partial charge in [-0.3, -0.25) is 0 Å². The van der Waals surface area contributed by atoms with Crippen molar-refractivity contribution in [1.82, 2.24) is 0 Å². The monoisotopic (exact) mass is 190 g/mol. The quantitative estimate of drug-likeness (QED) is 0.569. The van der Waals surface area contributed by atoms with Crippen LogP contribution in [0.4, 0.5) is 0 Å². The van der Waals surface area contributed by atoms with Gasteiger partial charge in [0.15, 0.2) is 0 Å². The summed E-state index contributed by atoms with van der Waals surface area (Å²) in [4.78, 5) is 0. The summed E-state index contributed by atoms with van der Waals surface area (Å²) in [7, 11) is 0. The third kappa shape index (κ3) is 8.18. The van der Waals surface area contributed by atoms with Gasteiger partial charge in [0.1, 0.15) is 0 Å². The molecule has 0 aromatic rings. The molecule has 0 bridgehead atoms. The first-order valence-electron chi connectivity index (χ1n) is 4.84. The van der Waals surface area contributed by atoms with Gasteiger partial charge >= 0.3 is 0 Å². The molecule has 0 radical (unpaired) electrons. The van der Waals surface area contributed by atoms with Crippen molar-refractivity contribution in [2.75, 3.05) is 26.3 Å². The minimum Gasteiger partial charge on any atom is -0.377 e. The Labute approximate surface area is 80.6 Å². The minimum atomic E-state index is 0.205. The van der Waals surface area contributed by atoms with E-state index in [1.807, 2.05) is 13.8 Å². The molecule has 0 rings (SSSR count). The Kier molecular flexibility index (Phi) is 8.33. The number of nitrogens with two attached hydrogens (primary N) is 2. The molecule has 0 fully saturated rings. The zero-order chi connectivity index (χ0) is 10.1. The third-order valence-electron chi connectivity index (χ3n) is 1.70. The highest BCUT2D eigenvalue weighted by atomic mass is 16.5. The van der Waals surface area contributed by atoms with Crippen LogP contribution in [0.3, 0.4) is 0 Å². The molecule has 0 aromatic heterocycles. The normalized spacial score (nSPS) is 15.7. The van der Waals surface area contributed by atoms with Crippen LogP contribution in [0.5, 0.6) is 0 Å². The summed E-state index contributed by atoms with van der Waals surface area (Å²) >= 11 is 0. The van der Waals surface area contributed by atoms with E-state index >= 15 is 0 Å². The lowest BCUT2D eigenvalue weighted by Gasteiger charge is -2.17. The molecule has 4 heteroatoms. The number of hydrogen-bond acceptors (Lipinski definition) is 4. The molecular formula is C9H22N2O2. The molecular weight excluding hydrogens is 168 g/mol. The predicted molar refractivity (Wildman–Crippen MR) is 53.6 cm³/mol. The van der Waals surface area contributed by atoms with E-state index < -0.39 is 0 Å². The second kappa shape index (κ2) is 8.44. The Balaban J connectivity index is 3.35. The largest absolute Gasteiger partial charge is 0.377 e. The molecule has 13 heavy (non-hydrogen) atoms. The van der Waals surface area contributed by atoms with E-state index in [0.717, 1.165) is 6.42 Å². The molecule has 0 aliphatic rings. The van der Waals surface area contributed by atoms with Gasteiger partial charge in [-0.15, -0.1) is 0 Å². The van der Waals surface area contributed by atoms with Gasteiger partial charge in [-0.25, -0.2) is 0 Å². The second-order valence-electron chi connectivity index (χ2n) is 3.18. The lowest BCUT2D eigenvalue weighted by Crippen LogP contribution is -2.23. The summed E-state index contributed by atoms with van der Waals surface area (Å²) in [5.74, 6) is 0. The van der Waals surface area contributed by atoms with Gasteiger partial charge in [0.25, 0.3) is 0 Å². The molecule has 2 unspecified atom stereocenters. The fourth-order valence-corrected chi connectivity index (χ4v) is 1.14. The maximum atomic E-state index is 5.41. The van der Waals surface area contributed by atoms with Gasteiger partial charge in [0.2, 0.25) is 0 Å². The van der Waals surface area contributed by atoms with Crippen molar-refractivity contribution in [1.29, 1.82) is 0 Å². The van der Waals surface area contributed by atoms with Gasteiger partial charge in [-0.05, 0) is 20.3 Å². The number of hydrogen-bond donors (Lipinski definition) is 2.